The van der Waals surface area contributed by atoms with Crippen LogP contribution >= 0.6 is 26.8 Å². The first-order valence-corrected chi connectivity index (χ1v) is 17.9. The van der Waals surface area contributed by atoms with Crippen molar-refractivity contribution in [2.75, 3.05) is 17.8 Å². The quantitative estimate of drug-likeness (QED) is 0.170. The van der Waals surface area contributed by atoms with Crippen molar-refractivity contribution in [3.8, 4) is 0 Å². The van der Waals surface area contributed by atoms with E-state index in [1.807, 2.05) is 0 Å². The molecule has 6 N–H and O–H groups in total. The van der Waals surface area contributed by atoms with Crippen LogP contribution in [-0.2, 0) is 23.2 Å². The molecule has 18 heteroatoms. The van der Waals surface area contributed by atoms with Crippen LogP contribution in [0.5, 0.6) is 0 Å². The SMILES string of the molecule is O=C(CC12CC3CC[C@H](CC(C3)C1)C2)Nc1nc(Cl)nc2c1ncn2[C@@H]1O[C@H](COP(=O)(O)CP(=O)(O)O)[C@H](O)[C@@H]1O. The Labute approximate surface area is 245 Å². The van der Waals surface area contributed by atoms with Crippen LogP contribution in [0.3, 0.4) is 0 Å². The summed E-state index contributed by atoms with van der Waals surface area (Å²) in [7, 11) is -9.57. The molecule has 15 nitrogen and oxygen atoms in total. The summed E-state index contributed by atoms with van der Waals surface area (Å²) in [4.78, 5) is 53.7. The van der Waals surface area contributed by atoms with E-state index in [0.717, 1.165) is 19.3 Å². The molecule has 4 aliphatic carbocycles. The first-order valence-electron chi connectivity index (χ1n) is 13.9. The van der Waals surface area contributed by atoms with Gasteiger partial charge in [-0.3, -0.25) is 18.5 Å². The highest BCUT2D eigenvalue weighted by Crippen LogP contribution is 2.59. The van der Waals surface area contributed by atoms with Gasteiger partial charge in [0.2, 0.25) is 11.2 Å². The molecule has 4 unspecified atom stereocenters. The van der Waals surface area contributed by atoms with Crippen LogP contribution in [0.15, 0.2) is 6.33 Å². The lowest BCUT2D eigenvalue weighted by atomic mass is 9.57. The molecule has 5 fully saturated rings. The molecule has 1 saturated heterocycles. The van der Waals surface area contributed by atoms with Crippen LogP contribution in [0.4, 0.5) is 5.82 Å². The minimum Gasteiger partial charge on any atom is -0.387 e. The summed E-state index contributed by atoms with van der Waals surface area (Å²) >= 11 is 6.20. The fourth-order valence-electron chi connectivity index (χ4n) is 7.83. The van der Waals surface area contributed by atoms with Gasteiger partial charge in [0, 0.05) is 6.42 Å². The second-order valence-corrected chi connectivity index (χ2v) is 16.8. The second-order valence-electron chi connectivity index (χ2n) is 12.4. The lowest BCUT2D eigenvalue weighted by Gasteiger charge is -2.48. The Morgan fingerprint density at radius 1 is 1.10 bits per heavy atom. The minimum absolute atomic E-state index is 0.00871. The zero-order valence-electron chi connectivity index (χ0n) is 22.5. The van der Waals surface area contributed by atoms with Crippen LogP contribution in [0.1, 0.15) is 57.6 Å². The molecule has 7 rings (SSSR count). The highest BCUT2D eigenvalue weighted by atomic mass is 35.5. The first kappa shape index (κ1) is 30.5. The van der Waals surface area contributed by atoms with Crippen LogP contribution in [0.25, 0.3) is 11.2 Å². The maximum atomic E-state index is 13.4. The Morgan fingerprint density at radius 2 is 1.76 bits per heavy atom. The van der Waals surface area contributed by atoms with Gasteiger partial charge >= 0.3 is 15.2 Å². The van der Waals surface area contributed by atoms with Crippen molar-refractivity contribution in [2.24, 2.45) is 23.2 Å². The van der Waals surface area contributed by atoms with Crippen LogP contribution in [-0.4, -0.2) is 81.1 Å². The number of nitrogens with one attached hydrogen (secondary N) is 1. The fraction of sp³-hybridized carbons (Fsp3) is 0.750. The van der Waals surface area contributed by atoms with Gasteiger partial charge in [-0.15, -0.1) is 0 Å². The lowest BCUT2D eigenvalue weighted by Crippen LogP contribution is -2.40. The minimum atomic E-state index is -4.85. The van der Waals surface area contributed by atoms with Gasteiger partial charge in [0.05, 0.1) is 12.9 Å². The normalized spacial score (nSPS) is 35.8. The Bertz CT molecular complexity index is 1450. The summed E-state index contributed by atoms with van der Waals surface area (Å²) in [5.41, 5.74) is 0.275. The van der Waals surface area contributed by atoms with Crippen LogP contribution < -0.4 is 5.32 Å². The van der Waals surface area contributed by atoms with Gasteiger partial charge in [-0.25, -0.2) is 4.98 Å². The Hall–Kier alpha value is -1.51. The third-order valence-corrected chi connectivity index (χ3v) is 12.7. The van der Waals surface area contributed by atoms with E-state index in [2.05, 4.69) is 20.3 Å². The number of aliphatic hydroxyl groups excluding tert-OH is 2. The largest absolute Gasteiger partial charge is 0.387 e. The molecule has 232 valence electrons. The highest BCUT2D eigenvalue weighted by Gasteiger charge is 2.49. The van der Waals surface area contributed by atoms with E-state index in [9.17, 15) is 29.0 Å². The van der Waals surface area contributed by atoms with Gasteiger partial charge in [0.1, 0.15) is 18.3 Å². The number of ether oxygens (including phenoxy) is 1. The molecule has 42 heavy (non-hydrogen) atoms. The van der Waals surface area contributed by atoms with Crippen molar-refractivity contribution < 1.29 is 48.1 Å². The topological polar surface area (TPSA) is 226 Å². The maximum absolute atomic E-state index is 13.4. The molecule has 1 aliphatic heterocycles. The third-order valence-electron chi connectivity index (χ3n) is 9.08. The van der Waals surface area contributed by atoms with Gasteiger partial charge in [0.25, 0.3) is 0 Å². The molecule has 5 aliphatic rings. The molecule has 0 spiro atoms. The van der Waals surface area contributed by atoms with Crippen molar-refractivity contribution in [1.82, 2.24) is 19.5 Å². The van der Waals surface area contributed by atoms with Gasteiger partial charge in [-0.1, -0.05) is 12.8 Å². The molecule has 3 heterocycles. The number of anilines is 1. The van der Waals surface area contributed by atoms with E-state index in [4.69, 9.17) is 30.6 Å². The van der Waals surface area contributed by atoms with Crippen LogP contribution in [0, 0.1) is 23.2 Å². The molecule has 1 amide bonds. The summed E-state index contributed by atoms with van der Waals surface area (Å²) in [6.45, 7) is -0.740. The van der Waals surface area contributed by atoms with E-state index in [-0.39, 0.29) is 33.6 Å². The molecule has 4 bridgehead atoms. The van der Waals surface area contributed by atoms with Gasteiger partial charge in [-0.2, -0.15) is 9.97 Å². The van der Waals surface area contributed by atoms with E-state index >= 15 is 0 Å². The second kappa shape index (κ2) is 11.1. The molecule has 9 atom stereocenters. The summed E-state index contributed by atoms with van der Waals surface area (Å²) in [5.74, 6) is 0.550. The van der Waals surface area contributed by atoms with E-state index in [1.54, 1.807) is 0 Å². The van der Waals surface area contributed by atoms with Crippen molar-refractivity contribution >= 4 is 49.7 Å². The van der Waals surface area contributed by atoms with E-state index in [1.165, 1.54) is 36.6 Å². The Kier molecular flexibility index (Phi) is 8.09. The van der Waals surface area contributed by atoms with Crippen molar-refractivity contribution in [3.63, 3.8) is 0 Å². The number of hydrogen-bond donors (Lipinski definition) is 6. The summed E-state index contributed by atoms with van der Waals surface area (Å²) in [6.07, 6.45) is 4.09. The smallest absolute Gasteiger partial charge is 0.340 e. The Morgan fingerprint density at radius 3 is 2.43 bits per heavy atom. The summed E-state index contributed by atoms with van der Waals surface area (Å²) < 4.78 is 34.8. The van der Waals surface area contributed by atoms with Crippen molar-refractivity contribution in [1.29, 1.82) is 0 Å². The number of hydrogen-bond acceptors (Lipinski definition) is 10. The zero-order chi connectivity index (χ0) is 30.0. The zero-order valence-corrected chi connectivity index (χ0v) is 25.1. The van der Waals surface area contributed by atoms with Gasteiger partial charge < -0.3 is 39.5 Å². The number of rotatable bonds is 9. The maximum Gasteiger partial charge on any atom is 0.340 e. The molecular weight excluding hydrogens is 616 g/mol. The van der Waals surface area contributed by atoms with Crippen molar-refractivity contribution in [3.05, 3.63) is 11.6 Å². The molecule has 0 aromatic carbocycles. The average Bonchev–Trinajstić information content (AvgIpc) is 3.31. The number of halogens is 1. The van der Waals surface area contributed by atoms with Crippen LogP contribution in [0.2, 0.25) is 5.28 Å². The molecule has 2 aromatic heterocycles. The molecular formula is C24H34ClN5O10P2. The standard InChI is InChI=1S/C24H34ClN5O10P2/c25-23-28-20(27-16(31)8-24-5-12-1-2-13(6-24)4-14(3-12)7-24)17-21(29-23)30(10-26-17)22-19(33)18(32)15(40-22)9-39-42(37,38)11-41(34,35)36/h10,12-15,18-19,22,32-33H,1-9,11H2,(H,37,38)(H2,34,35,36)(H,27,28,29,31)/t12-,13?,14?,15-,18+,19+,22-,24?/m1/s1. The highest BCUT2D eigenvalue weighted by molar-refractivity contribution is 7.70. The number of nitrogens with zero attached hydrogens (tertiary/aromatic N) is 4. The lowest BCUT2D eigenvalue weighted by molar-refractivity contribution is -0.120. The monoisotopic (exact) mass is 649 g/mol. The summed E-state index contributed by atoms with van der Waals surface area (Å²) in [5, 5.41) is 23.9. The van der Waals surface area contributed by atoms with E-state index in [0.29, 0.717) is 24.2 Å². The number of aliphatic hydroxyl groups is 2. The molecule has 2 aromatic rings. The molecule has 4 saturated carbocycles. The fourth-order valence-corrected chi connectivity index (χ4v) is 10.6. The first-order chi connectivity index (χ1) is 19.7. The van der Waals surface area contributed by atoms with E-state index < -0.39 is 52.2 Å². The number of aromatic nitrogens is 4. The predicted molar refractivity (Wildman–Crippen MR) is 147 cm³/mol. The Balaban J connectivity index is 1.17. The number of carbonyl (C=O) groups excluding carboxylic acids is 1. The van der Waals surface area contributed by atoms with Gasteiger partial charge in [0.15, 0.2) is 29.1 Å². The number of carbonyl (C=O) groups is 1. The number of imidazole rings is 1. The predicted octanol–water partition coefficient (Wildman–Crippen LogP) is 2.37. The average molecular weight is 650 g/mol. The van der Waals surface area contributed by atoms with Crippen molar-refractivity contribution in [2.45, 2.75) is 75.9 Å². The third kappa shape index (κ3) is 6.32. The molecule has 0 radical (unpaired) electrons. The number of fused-ring (bicyclic) bond motifs is 2. The summed E-state index contributed by atoms with van der Waals surface area (Å²) in [6, 6.07) is 0. The number of amides is 1. The van der Waals surface area contributed by atoms with Gasteiger partial charge in [-0.05, 0) is 66.9 Å².